The molecule has 0 aromatic heterocycles. The van der Waals surface area contributed by atoms with Gasteiger partial charge >= 0.3 is 0 Å². The molecule has 2 aliphatic heterocycles. The second-order valence-corrected chi connectivity index (χ2v) is 5.39. The number of nitrogens with zero attached hydrogens (tertiary/aromatic N) is 1. The molecular weight excluding hydrogens is 208 g/mol. The van der Waals surface area contributed by atoms with E-state index in [4.69, 9.17) is 0 Å². The summed E-state index contributed by atoms with van der Waals surface area (Å²) in [7, 11) is 0. The van der Waals surface area contributed by atoms with E-state index in [1.807, 2.05) is 0 Å². The Morgan fingerprint density at radius 3 is 2.76 bits per heavy atom. The molecule has 92 valence electrons. The molecule has 2 saturated heterocycles. The van der Waals surface area contributed by atoms with E-state index in [0.717, 1.165) is 18.6 Å². The number of hydrogen-bond acceptors (Lipinski definition) is 2. The second kappa shape index (κ2) is 5.19. The van der Waals surface area contributed by atoms with Gasteiger partial charge in [-0.15, -0.1) is 0 Å². The maximum atomic E-state index is 3.59. The maximum Gasteiger partial charge on any atom is 0.0240 e. The monoisotopic (exact) mass is 230 g/mol. The molecule has 0 spiro atoms. The molecule has 2 nitrogen and oxygen atoms in total. The van der Waals surface area contributed by atoms with Crippen LogP contribution in [0.25, 0.3) is 0 Å². The van der Waals surface area contributed by atoms with Gasteiger partial charge in [0, 0.05) is 25.2 Å². The number of nitrogens with one attached hydrogen (secondary N) is 1. The van der Waals surface area contributed by atoms with Crippen molar-refractivity contribution in [2.24, 2.45) is 0 Å². The lowest BCUT2D eigenvalue weighted by molar-refractivity contribution is 0.0852. The Kier molecular flexibility index (Phi) is 3.44. The molecule has 3 rings (SSSR count). The van der Waals surface area contributed by atoms with E-state index in [0.29, 0.717) is 0 Å². The quantitative estimate of drug-likeness (QED) is 0.839. The predicted molar refractivity (Wildman–Crippen MR) is 70.9 cm³/mol. The molecule has 2 heteroatoms. The molecule has 2 aliphatic rings. The lowest BCUT2D eigenvalue weighted by Gasteiger charge is -2.40. The topological polar surface area (TPSA) is 15.3 Å². The van der Waals surface area contributed by atoms with Gasteiger partial charge in [0.2, 0.25) is 0 Å². The Morgan fingerprint density at radius 2 is 1.88 bits per heavy atom. The van der Waals surface area contributed by atoms with Crippen molar-refractivity contribution in [2.75, 3.05) is 13.1 Å². The molecule has 0 unspecified atom stereocenters. The smallest absolute Gasteiger partial charge is 0.0240 e. The van der Waals surface area contributed by atoms with Crippen LogP contribution in [0.4, 0.5) is 0 Å². The number of benzene rings is 1. The molecule has 0 amide bonds. The Labute approximate surface area is 104 Å². The van der Waals surface area contributed by atoms with Crippen molar-refractivity contribution >= 4 is 0 Å². The highest BCUT2D eigenvalue weighted by Gasteiger charge is 2.31. The van der Waals surface area contributed by atoms with Crippen molar-refractivity contribution in [3.05, 3.63) is 35.9 Å². The molecule has 0 aliphatic carbocycles. The van der Waals surface area contributed by atoms with E-state index in [1.165, 1.54) is 44.3 Å². The molecule has 0 radical (unpaired) electrons. The molecule has 17 heavy (non-hydrogen) atoms. The van der Waals surface area contributed by atoms with E-state index in [1.54, 1.807) is 0 Å². The molecule has 2 fully saturated rings. The summed E-state index contributed by atoms with van der Waals surface area (Å²) >= 11 is 0. The van der Waals surface area contributed by atoms with E-state index < -0.39 is 0 Å². The zero-order valence-electron chi connectivity index (χ0n) is 10.4. The first kappa shape index (κ1) is 11.2. The maximum absolute atomic E-state index is 3.59. The highest BCUT2D eigenvalue weighted by atomic mass is 15.2. The standard InChI is InChI=1S/C15H22N2/c1-2-5-13(6-3-1)12-17-14-7-4-8-15(17)11-16-10-9-14/h1-3,5-6,14-16H,4,7-12H2/t14-,15-/m1/s1. The van der Waals surface area contributed by atoms with Crippen LogP contribution in [0.5, 0.6) is 0 Å². The van der Waals surface area contributed by atoms with Gasteiger partial charge in [0.25, 0.3) is 0 Å². The lowest BCUT2D eigenvalue weighted by Crippen LogP contribution is -2.47. The third-order valence-electron chi connectivity index (χ3n) is 4.26. The summed E-state index contributed by atoms with van der Waals surface area (Å²) in [6.45, 7) is 3.52. The van der Waals surface area contributed by atoms with Crippen LogP contribution in [-0.2, 0) is 6.54 Å². The van der Waals surface area contributed by atoms with Crippen molar-refractivity contribution in [2.45, 2.75) is 44.3 Å². The van der Waals surface area contributed by atoms with E-state index in [2.05, 4.69) is 40.5 Å². The Morgan fingerprint density at radius 1 is 1.06 bits per heavy atom. The predicted octanol–water partition coefficient (Wildman–Crippen LogP) is 2.40. The molecule has 2 heterocycles. The fraction of sp³-hybridized carbons (Fsp3) is 0.600. The van der Waals surface area contributed by atoms with Gasteiger partial charge in [0.15, 0.2) is 0 Å². The Bertz CT molecular complexity index is 335. The lowest BCUT2D eigenvalue weighted by atomic mass is 9.94. The van der Waals surface area contributed by atoms with Crippen LogP contribution < -0.4 is 5.32 Å². The highest BCUT2D eigenvalue weighted by molar-refractivity contribution is 5.15. The van der Waals surface area contributed by atoms with E-state index in [-0.39, 0.29) is 0 Å². The number of hydrogen-bond donors (Lipinski definition) is 1. The molecule has 0 saturated carbocycles. The van der Waals surface area contributed by atoms with Crippen molar-refractivity contribution in [1.29, 1.82) is 0 Å². The normalized spacial score (nSPS) is 29.9. The molecular formula is C15H22N2. The van der Waals surface area contributed by atoms with Gasteiger partial charge in [-0.1, -0.05) is 36.8 Å². The Hall–Kier alpha value is -0.860. The first-order valence-corrected chi connectivity index (χ1v) is 6.94. The summed E-state index contributed by atoms with van der Waals surface area (Å²) in [6, 6.07) is 12.5. The van der Waals surface area contributed by atoms with Crippen molar-refractivity contribution in [3.63, 3.8) is 0 Å². The number of piperidine rings is 1. The molecule has 1 N–H and O–H groups in total. The van der Waals surface area contributed by atoms with Crippen molar-refractivity contribution < 1.29 is 0 Å². The van der Waals surface area contributed by atoms with Crippen LogP contribution in [0.3, 0.4) is 0 Å². The van der Waals surface area contributed by atoms with Gasteiger partial charge in [-0.3, -0.25) is 4.90 Å². The number of fused-ring (bicyclic) bond motifs is 2. The minimum absolute atomic E-state index is 0.761. The van der Waals surface area contributed by atoms with Crippen molar-refractivity contribution in [1.82, 2.24) is 10.2 Å². The molecule has 1 aromatic carbocycles. The van der Waals surface area contributed by atoms with Gasteiger partial charge < -0.3 is 5.32 Å². The average Bonchev–Trinajstić information content (AvgIpc) is 2.49. The van der Waals surface area contributed by atoms with Crippen LogP contribution in [0.2, 0.25) is 0 Å². The summed E-state index contributed by atoms with van der Waals surface area (Å²) in [5.41, 5.74) is 1.46. The summed E-state index contributed by atoms with van der Waals surface area (Å²) in [4.78, 5) is 2.75. The van der Waals surface area contributed by atoms with Crippen LogP contribution in [0, 0.1) is 0 Å². The van der Waals surface area contributed by atoms with Crippen LogP contribution >= 0.6 is 0 Å². The SMILES string of the molecule is c1ccc(CN2[C@@H]3CCC[C@@H]2CNCC3)cc1. The molecule has 2 atom stereocenters. The van der Waals surface area contributed by atoms with Crippen LogP contribution in [-0.4, -0.2) is 30.1 Å². The molecule has 2 bridgehead atoms. The van der Waals surface area contributed by atoms with Gasteiger partial charge in [-0.05, 0) is 31.4 Å². The minimum Gasteiger partial charge on any atom is -0.315 e. The first-order valence-electron chi connectivity index (χ1n) is 6.94. The number of rotatable bonds is 2. The van der Waals surface area contributed by atoms with E-state index in [9.17, 15) is 0 Å². The van der Waals surface area contributed by atoms with Gasteiger partial charge in [-0.25, -0.2) is 0 Å². The molecule has 1 aromatic rings. The largest absolute Gasteiger partial charge is 0.315 e. The first-order chi connectivity index (χ1) is 8.43. The fourth-order valence-electron chi connectivity index (χ4n) is 3.34. The van der Waals surface area contributed by atoms with Gasteiger partial charge in [0.1, 0.15) is 0 Å². The van der Waals surface area contributed by atoms with Gasteiger partial charge in [-0.2, -0.15) is 0 Å². The summed E-state index contributed by atoms with van der Waals surface area (Å²) < 4.78 is 0. The summed E-state index contributed by atoms with van der Waals surface area (Å²) in [5, 5.41) is 3.59. The van der Waals surface area contributed by atoms with Gasteiger partial charge in [0.05, 0.1) is 0 Å². The minimum atomic E-state index is 0.761. The van der Waals surface area contributed by atoms with E-state index >= 15 is 0 Å². The highest BCUT2D eigenvalue weighted by Crippen LogP contribution is 2.28. The Balaban J connectivity index is 1.76. The average molecular weight is 230 g/mol. The van der Waals surface area contributed by atoms with Crippen LogP contribution in [0.1, 0.15) is 31.2 Å². The fourth-order valence-corrected chi connectivity index (χ4v) is 3.34. The third kappa shape index (κ3) is 2.53. The second-order valence-electron chi connectivity index (χ2n) is 5.39. The zero-order chi connectivity index (χ0) is 11.5. The van der Waals surface area contributed by atoms with Crippen molar-refractivity contribution in [3.8, 4) is 0 Å². The zero-order valence-corrected chi connectivity index (χ0v) is 10.4. The summed E-state index contributed by atoms with van der Waals surface area (Å²) in [6.07, 6.45) is 5.51. The van der Waals surface area contributed by atoms with Crippen LogP contribution in [0.15, 0.2) is 30.3 Å². The third-order valence-corrected chi connectivity index (χ3v) is 4.26. The summed E-state index contributed by atoms with van der Waals surface area (Å²) in [5.74, 6) is 0.